The lowest BCUT2D eigenvalue weighted by atomic mass is 10.1. The molecule has 2 amide bonds. The second kappa shape index (κ2) is 7.68. The van der Waals surface area contributed by atoms with Crippen molar-refractivity contribution in [3.8, 4) is 11.5 Å². The summed E-state index contributed by atoms with van der Waals surface area (Å²) >= 11 is 0. The molecule has 1 fully saturated rings. The van der Waals surface area contributed by atoms with Crippen molar-refractivity contribution in [1.82, 2.24) is 10.6 Å². The number of amides is 2. The van der Waals surface area contributed by atoms with Gasteiger partial charge in [-0.3, -0.25) is 9.59 Å². The zero-order chi connectivity index (χ0) is 15.9. The van der Waals surface area contributed by atoms with Crippen LogP contribution in [0.4, 0.5) is 0 Å². The molecule has 2 rings (SSSR count). The molecule has 0 heterocycles. The molecule has 0 saturated heterocycles. The second-order valence-electron chi connectivity index (χ2n) is 5.27. The summed E-state index contributed by atoms with van der Waals surface area (Å²) in [4.78, 5) is 24.2. The van der Waals surface area contributed by atoms with E-state index in [1.807, 2.05) is 0 Å². The highest BCUT2D eigenvalue weighted by Crippen LogP contribution is 2.27. The largest absolute Gasteiger partial charge is 0.496 e. The number of nitrogens with one attached hydrogen (secondary N) is 2. The number of methoxy groups -OCH3 is 2. The predicted octanol–water partition coefficient (Wildman–Crippen LogP) is 1.49. The van der Waals surface area contributed by atoms with Crippen molar-refractivity contribution < 1.29 is 19.1 Å². The summed E-state index contributed by atoms with van der Waals surface area (Å²) in [6, 6.07) is 5.33. The predicted molar refractivity (Wildman–Crippen MR) is 82.3 cm³/mol. The molecule has 1 aliphatic rings. The van der Waals surface area contributed by atoms with Gasteiger partial charge >= 0.3 is 0 Å². The average Bonchev–Trinajstić information content (AvgIpc) is 3.04. The fourth-order valence-corrected chi connectivity index (χ4v) is 2.67. The summed E-state index contributed by atoms with van der Waals surface area (Å²) in [5, 5.41) is 5.54. The van der Waals surface area contributed by atoms with Gasteiger partial charge in [-0.05, 0) is 25.0 Å². The molecule has 0 bridgehead atoms. The Morgan fingerprint density at radius 2 is 1.73 bits per heavy atom. The highest BCUT2D eigenvalue weighted by atomic mass is 16.5. The topological polar surface area (TPSA) is 76.7 Å². The molecule has 120 valence electrons. The number of hydrogen-bond donors (Lipinski definition) is 2. The Hall–Kier alpha value is -2.24. The molecule has 6 nitrogen and oxygen atoms in total. The van der Waals surface area contributed by atoms with E-state index >= 15 is 0 Å². The van der Waals surface area contributed by atoms with E-state index < -0.39 is 5.91 Å². The molecule has 0 spiro atoms. The summed E-state index contributed by atoms with van der Waals surface area (Å²) in [7, 11) is 2.97. The third-order valence-electron chi connectivity index (χ3n) is 3.78. The third kappa shape index (κ3) is 3.90. The monoisotopic (exact) mass is 306 g/mol. The number of hydrogen-bond acceptors (Lipinski definition) is 4. The van der Waals surface area contributed by atoms with Crippen LogP contribution in [0.15, 0.2) is 18.2 Å². The zero-order valence-corrected chi connectivity index (χ0v) is 13.0. The number of ether oxygens (including phenoxy) is 2. The van der Waals surface area contributed by atoms with Crippen LogP contribution in [0, 0.1) is 0 Å². The Morgan fingerprint density at radius 1 is 1.14 bits per heavy atom. The van der Waals surface area contributed by atoms with Crippen molar-refractivity contribution >= 4 is 11.8 Å². The van der Waals surface area contributed by atoms with Crippen molar-refractivity contribution in [2.24, 2.45) is 0 Å². The van der Waals surface area contributed by atoms with Crippen LogP contribution < -0.4 is 20.1 Å². The summed E-state index contributed by atoms with van der Waals surface area (Å²) in [6.45, 7) is -0.0590. The van der Waals surface area contributed by atoms with E-state index in [2.05, 4.69) is 10.6 Å². The number of carbonyl (C=O) groups excluding carboxylic acids is 2. The first-order valence-corrected chi connectivity index (χ1v) is 7.44. The van der Waals surface area contributed by atoms with Crippen molar-refractivity contribution in [3.05, 3.63) is 23.8 Å². The van der Waals surface area contributed by atoms with E-state index in [1.165, 1.54) is 14.2 Å². The Kier molecular flexibility index (Phi) is 5.63. The molecule has 1 saturated carbocycles. The lowest BCUT2D eigenvalue weighted by molar-refractivity contribution is -0.120. The van der Waals surface area contributed by atoms with Gasteiger partial charge in [0.25, 0.3) is 5.91 Å². The van der Waals surface area contributed by atoms with Crippen LogP contribution in [0.5, 0.6) is 11.5 Å². The van der Waals surface area contributed by atoms with Crippen LogP contribution in [0.3, 0.4) is 0 Å². The summed E-state index contributed by atoms with van der Waals surface area (Å²) < 4.78 is 10.4. The van der Waals surface area contributed by atoms with Crippen LogP contribution in [0.1, 0.15) is 36.0 Å². The molecule has 6 heteroatoms. The van der Waals surface area contributed by atoms with Crippen LogP contribution in [0.25, 0.3) is 0 Å². The van der Waals surface area contributed by atoms with Crippen molar-refractivity contribution in [1.29, 1.82) is 0 Å². The Morgan fingerprint density at radius 3 is 2.27 bits per heavy atom. The first-order valence-electron chi connectivity index (χ1n) is 7.44. The zero-order valence-electron chi connectivity index (χ0n) is 13.0. The molecule has 0 radical (unpaired) electrons. The van der Waals surface area contributed by atoms with E-state index in [0.717, 1.165) is 25.7 Å². The Bertz CT molecular complexity index is 517. The van der Waals surface area contributed by atoms with E-state index in [4.69, 9.17) is 9.47 Å². The summed E-state index contributed by atoms with van der Waals surface area (Å²) in [5.41, 5.74) is 0.293. The second-order valence-corrected chi connectivity index (χ2v) is 5.27. The minimum Gasteiger partial charge on any atom is -0.496 e. The maximum atomic E-state index is 12.3. The van der Waals surface area contributed by atoms with Gasteiger partial charge < -0.3 is 20.1 Å². The molecule has 1 aromatic carbocycles. The standard InChI is InChI=1S/C16H22N2O4/c1-21-12-8-5-9-13(22-2)15(12)16(20)17-10-14(19)18-11-6-3-4-7-11/h5,8-9,11H,3-4,6-7,10H2,1-2H3,(H,17,20)(H,18,19). The van der Waals surface area contributed by atoms with Gasteiger partial charge in [-0.25, -0.2) is 0 Å². The fourth-order valence-electron chi connectivity index (χ4n) is 2.67. The summed E-state index contributed by atoms with van der Waals surface area (Å²) in [6.07, 6.45) is 4.32. The molecule has 22 heavy (non-hydrogen) atoms. The first kappa shape index (κ1) is 16.1. The third-order valence-corrected chi connectivity index (χ3v) is 3.78. The molecule has 0 aromatic heterocycles. The van der Waals surface area contributed by atoms with Crippen molar-refractivity contribution in [2.45, 2.75) is 31.7 Å². The molecular weight excluding hydrogens is 284 g/mol. The smallest absolute Gasteiger partial charge is 0.259 e. The fraction of sp³-hybridized carbons (Fsp3) is 0.500. The molecule has 1 aromatic rings. The maximum Gasteiger partial charge on any atom is 0.259 e. The van der Waals surface area contributed by atoms with Gasteiger partial charge in [-0.15, -0.1) is 0 Å². The van der Waals surface area contributed by atoms with Gasteiger partial charge in [0.2, 0.25) is 5.91 Å². The number of benzene rings is 1. The van der Waals surface area contributed by atoms with Crippen LogP contribution in [-0.4, -0.2) is 38.6 Å². The van der Waals surface area contributed by atoms with E-state index in [-0.39, 0.29) is 18.5 Å². The highest BCUT2D eigenvalue weighted by molar-refractivity contribution is 6.01. The van der Waals surface area contributed by atoms with Gasteiger partial charge in [0.15, 0.2) is 0 Å². The molecule has 0 unspecified atom stereocenters. The minimum atomic E-state index is -0.393. The van der Waals surface area contributed by atoms with Gasteiger partial charge in [0, 0.05) is 6.04 Å². The van der Waals surface area contributed by atoms with Gasteiger partial charge in [0.05, 0.1) is 20.8 Å². The van der Waals surface area contributed by atoms with Gasteiger partial charge in [0.1, 0.15) is 17.1 Å². The van der Waals surface area contributed by atoms with Gasteiger partial charge in [-0.2, -0.15) is 0 Å². The lowest BCUT2D eigenvalue weighted by Gasteiger charge is -2.14. The number of rotatable bonds is 6. The quantitative estimate of drug-likeness (QED) is 0.835. The van der Waals surface area contributed by atoms with Gasteiger partial charge in [-0.1, -0.05) is 18.9 Å². The first-order chi connectivity index (χ1) is 10.7. The molecular formula is C16H22N2O4. The van der Waals surface area contributed by atoms with Crippen LogP contribution >= 0.6 is 0 Å². The van der Waals surface area contributed by atoms with Crippen molar-refractivity contribution in [2.75, 3.05) is 20.8 Å². The van der Waals surface area contributed by atoms with E-state index in [0.29, 0.717) is 17.1 Å². The number of carbonyl (C=O) groups is 2. The maximum absolute atomic E-state index is 12.3. The SMILES string of the molecule is COc1cccc(OC)c1C(=O)NCC(=O)NC1CCCC1. The van der Waals surface area contributed by atoms with E-state index in [9.17, 15) is 9.59 Å². The lowest BCUT2D eigenvalue weighted by Crippen LogP contribution is -2.41. The Labute approximate surface area is 130 Å². The van der Waals surface area contributed by atoms with Crippen LogP contribution in [-0.2, 0) is 4.79 Å². The normalized spacial score (nSPS) is 14.5. The molecule has 0 aliphatic heterocycles. The Balaban J connectivity index is 1.95. The van der Waals surface area contributed by atoms with Crippen molar-refractivity contribution in [3.63, 3.8) is 0 Å². The molecule has 1 aliphatic carbocycles. The molecule has 2 N–H and O–H groups in total. The highest BCUT2D eigenvalue weighted by Gasteiger charge is 2.20. The average molecular weight is 306 g/mol. The van der Waals surface area contributed by atoms with Crippen LogP contribution in [0.2, 0.25) is 0 Å². The summed E-state index contributed by atoms with van der Waals surface area (Å²) in [5.74, 6) is 0.256. The molecule has 0 atom stereocenters. The van der Waals surface area contributed by atoms with E-state index in [1.54, 1.807) is 18.2 Å². The minimum absolute atomic E-state index is 0.0590.